The summed E-state index contributed by atoms with van der Waals surface area (Å²) in [5.41, 5.74) is 4.79. The third kappa shape index (κ3) is 2.92. The molecule has 0 aliphatic rings. The molecule has 18 heavy (non-hydrogen) atoms. The summed E-state index contributed by atoms with van der Waals surface area (Å²) >= 11 is 0. The number of methoxy groups -OCH3 is 1. The number of ether oxygens (including phenoxy) is 1. The molecule has 1 atom stereocenters. The smallest absolute Gasteiger partial charge is 0.307 e. The second-order valence-corrected chi connectivity index (χ2v) is 3.51. The van der Waals surface area contributed by atoms with Gasteiger partial charge in [0.05, 0.1) is 24.5 Å². The fourth-order valence-electron chi connectivity index (χ4n) is 1.37. The van der Waals surface area contributed by atoms with Crippen molar-refractivity contribution in [2.24, 2.45) is 5.73 Å². The second kappa shape index (κ2) is 5.41. The maximum Gasteiger partial charge on any atom is 0.307 e. The van der Waals surface area contributed by atoms with E-state index in [2.05, 4.69) is 4.74 Å². The van der Waals surface area contributed by atoms with Gasteiger partial charge in [0.2, 0.25) is 0 Å². The van der Waals surface area contributed by atoms with Crippen molar-refractivity contribution >= 4 is 11.7 Å². The van der Waals surface area contributed by atoms with Crippen molar-refractivity contribution in [1.29, 1.82) is 0 Å². The van der Waals surface area contributed by atoms with Gasteiger partial charge >= 0.3 is 5.97 Å². The Kier molecular flexibility index (Phi) is 4.16. The lowest BCUT2D eigenvalue weighted by Gasteiger charge is -2.12. The molecule has 8 heteroatoms. The highest BCUT2D eigenvalue weighted by Crippen LogP contribution is 2.31. The van der Waals surface area contributed by atoms with E-state index in [9.17, 15) is 24.4 Å². The number of phenolic OH excluding ortho intramolecular Hbond substituents is 1. The Bertz CT molecular complexity index is 491. The lowest BCUT2D eigenvalue weighted by molar-refractivity contribution is -0.385. The minimum absolute atomic E-state index is 0.216. The summed E-state index contributed by atoms with van der Waals surface area (Å²) in [4.78, 5) is 20.7. The second-order valence-electron chi connectivity index (χ2n) is 3.51. The van der Waals surface area contributed by atoms with Crippen molar-refractivity contribution in [1.82, 2.24) is 0 Å². The molecular formula is C10H11FN2O5. The van der Waals surface area contributed by atoms with Crippen molar-refractivity contribution in [3.05, 3.63) is 33.6 Å². The molecule has 98 valence electrons. The summed E-state index contributed by atoms with van der Waals surface area (Å²) in [6.45, 7) is 0. The lowest BCUT2D eigenvalue weighted by atomic mass is 10.0. The normalized spacial score (nSPS) is 11.9. The Balaban J connectivity index is 3.14. The first-order chi connectivity index (χ1) is 8.36. The molecule has 1 aromatic rings. The molecule has 7 nitrogen and oxygen atoms in total. The minimum Gasteiger partial charge on any atom is -0.505 e. The van der Waals surface area contributed by atoms with Crippen molar-refractivity contribution in [3.8, 4) is 5.75 Å². The van der Waals surface area contributed by atoms with Gasteiger partial charge in [-0.25, -0.2) is 4.39 Å². The van der Waals surface area contributed by atoms with Crippen molar-refractivity contribution in [2.45, 2.75) is 12.5 Å². The number of nitrogens with two attached hydrogens (primary N) is 1. The van der Waals surface area contributed by atoms with Crippen LogP contribution in [0.5, 0.6) is 5.75 Å². The lowest BCUT2D eigenvalue weighted by Crippen LogP contribution is -2.17. The summed E-state index contributed by atoms with van der Waals surface area (Å²) < 4.78 is 17.6. The van der Waals surface area contributed by atoms with Crippen LogP contribution < -0.4 is 5.73 Å². The minimum atomic E-state index is -1.17. The van der Waals surface area contributed by atoms with Gasteiger partial charge in [0.1, 0.15) is 0 Å². The van der Waals surface area contributed by atoms with Gasteiger partial charge in [-0.3, -0.25) is 14.9 Å². The zero-order chi connectivity index (χ0) is 13.9. The van der Waals surface area contributed by atoms with E-state index in [0.717, 1.165) is 13.2 Å². The molecule has 0 spiro atoms. The molecule has 0 saturated carbocycles. The van der Waals surface area contributed by atoms with E-state index in [1.165, 1.54) is 0 Å². The van der Waals surface area contributed by atoms with Crippen molar-refractivity contribution in [2.75, 3.05) is 7.11 Å². The fraction of sp³-hybridized carbons (Fsp3) is 0.300. The van der Waals surface area contributed by atoms with E-state index in [4.69, 9.17) is 5.73 Å². The van der Waals surface area contributed by atoms with Crippen LogP contribution in [0.15, 0.2) is 12.1 Å². The van der Waals surface area contributed by atoms with Crippen LogP contribution in [0.4, 0.5) is 10.1 Å². The van der Waals surface area contributed by atoms with Crippen LogP contribution in [0, 0.1) is 15.9 Å². The van der Waals surface area contributed by atoms with Crippen molar-refractivity contribution in [3.63, 3.8) is 0 Å². The highest BCUT2D eigenvalue weighted by atomic mass is 19.1. The number of rotatable bonds is 4. The number of benzene rings is 1. The fourth-order valence-corrected chi connectivity index (χ4v) is 1.37. The first kappa shape index (κ1) is 13.8. The Morgan fingerprint density at radius 1 is 1.67 bits per heavy atom. The van der Waals surface area contributed by atoms with Crippen molar-refractivity contribution < 1.29 is 24.0 Å². The highest BCUT2D eigenvalue weighted by Gasteiger charge is 2.22. The number of nitro benzene ring substituents is 1. The number of non-ortho nitro benzene ring substituents is 1. The van der Waals surface area contributed by atoms with E-state index in [1.54, 1.807) is 0 Å². The van der Waals surface area contributed by atoms with Crippen LogP contribution in [0.25, 0.3) is 0 Å². The molecule has 0 aliphatic heterocycles. The summed E-state index contributed by atoms with van der Waals surface area (Å²) in [5.74, 6) is -2.65. The summed E-state index contributed by atoms with van der Waals surface area (Å²) in [6, 6.07) is 0.405. The molecule has 0 saturated heterocycles. The third-order valence-electron chi connectivity index (χ3n) is 2.30. The van der Waals surface area contributed by atoms with Gasteiger partial charge in [0.15, 0.2) is 11.6 Å². The molecule has 0 aromatic heterocycles. The van der Waals surface area contributed by atoms with Crippen LogP contribution in [0.2, 0.25) is 0 Å². The number of carbonyl (C=O) groups is 1. The van der Waals surface area contributed by atoms with Gasteiger partial charge in [-0.2, -0.15) is 0 Å². The first-order valence-corrected chi connectivity index (χ1v) is 4.86. The zero-order valence-corrected chi connectivity index (χ0v) is 9.42. The molecule has 0 aliphatic carbocycles. The van der Waals surface area contributed by atoms with E-state index < -0.39 is 34.2 Å². The van der Waals surface area contributed by atoms with Crippen LogP contribution in [0.3, 0.4) is 0 Å². The van der Waals surface area contributed by atoms with Gasteiger partial charge in [-0.05, 0) is 0 Å². The number of halogens is 1. The molecule has 0 amide bonds. The van der Waals surface area contributed by atoms with Crippen LogP contribution in [0.1, 0.15) is 18.0 Å². The number of hydrogen-bond acceptors (Lipinski definition) is 6. The molecule has 0 radical (unpaired) electrons. The quantitative estimate of drug-likeness (QED) is 0.473. The molecule has 1 aromatic carbocycles. The van der Waals surface area contributed by atoms with Crippen LogP contribution >= 0.6 is 0 Å². The number of aromatic hydroxyl groups is 1. The topological polar surface area (TPSA) is 116 Å². The number of hydrogen-bond donors (Lipinski definition) is 2. The average Bonchev–Trinajstić information content (AvgIpc) is 2.31. The van der Waals surface area contributed by atoms with Gasteiger partial charge in [0, 0.05) is 17.7 Å². The third-order valence-corrected chi connectivity index (χ3v) is 2.30. The predicted molar refractivity (Wildman–Crippen MR) is 58.3 cm³/mol. The summed E-state index contributed by atoms with van der Waals surface area (Å²) in [7, 11) is 1.14. The number of phenols is 1. The van der Waals surface area contributed by atoms with Gasteiger partial charge in [-0.15, -0.1) is 0 Å². The highest BCUT2D eigenvalue weighted by molar-refractivity contribution is 5.70. The monoisotopic (exact) mass is 258 g/mol. The molecule has 0 fully saturated rings. The average molecular weight is 258 g/mol. The Morgan fingerprint density at radius 3 is 2.78 bits per heavy atom. The summed E-state index contributed by atoms with van der Waals surface area (Å²) in [6.07, 6.45) is -0.329. The van der Waals surface area contributed by atoms with Gasteiger partial charge < -0.3 is 15.6 Å². The number of nitro groups is 1. The van der Waals surface area contributed by atoms with Gasteiger partial charge in [-0.1, -0.05) is 0 Å². The number of esters is 1. The number of nitrogens with zero attached hydrogens (tertiary/aromatic N) is 1. The Hall–Kier alpha value is -2.22. The molecule has 1 rings (SSSR count). The predicted octanol–water partition coefficient (Wildman–Crippen LogP) is 1.00. The largest absolute Gasteiger partial charge is 0.505 e. The number of carbonyl (C=O) groups excluding carboxylic acids is 1. The van der Waals surface area contributed by atoms with E-state index in [-0.39, 0.29) is 12.0 Å². The Labute approximate surface area is 101 Å². The standard InChI is InChI=1S/C10H11FN2O5/c1-18-9(14)4-8(12)6-2-5(13(16)17)3-7(11)10(6)15/h2-3,8,15H,4,12H2,1H3/t8-/m1/s1. The van der Waals surface area contributed by atoms with Gasteiger partial charge in [0.25, 0.3) is 5.69 Å². The SMILES string of the molecule is COC(=O)C[C@@H](N)c1cc([N+](=O)[O-])cc(F)c1O. The molecule has 0 bridgehead atoms. The van der Waals surface area contributed by atoms with Crippen LogP contribution in [-0.4, -0.2) is 23.1 Å². The zero-order valence-electron chi connectivity index (χ0n) is 9.42. The summed E-state index contributed by atoms with van der Waals surface area (Å²) in [5, 5.41) is 20.0. The molecular weight excluding hydrogens is 247 g/mol. The van der Waals surface area contributed by atoms with E-state index >= 15 is 0 Å². The molecule has 3 N–H and O–H groups in total. The van der Waals surface area contributed by atoms with Crippen LogP contribution in [-0.2, 0) is 9.53 Å². The molecule has 0 heterocycles. The Morgan fingerprint density at radius 2 is 2.28 bits per heavy atom. The van der Waals surface area contributed by atoms with E-state index in [1.807, 2.05) is 0 Å². The maximum absolute atomic E-state index is 13.3. The van der Waals surface area contributed by atoms with E-state index in [0.29, 0.717) is 6.07 Å². The molecule has 0 unspecified atom stereocenters. The first-order valence-electron chi connectivity index (χ1n) is 4.86. The maximum atomic E-state index is 13.3.